The lowest BCUT2D eigenvalue weighted by molar-refractivity contribution is 0.514. The minimum atomic E-state index is 0. The highest BCUT2D eigenvalue weighted by Crippen LogP contribution is 2.15. The summed E-state index contributed by atoms with van der Waals surface area (Å²) >= 11 is 6.14. The highest BCUT2D eigenvalue weighted by Gasteiger charge is 2.04. The van der Waals surface area contributed by atoms with Gasteiger partial charge in [0.25, 0.3) is 0 Å². The predicted octanol–water partition coefficient (Wildman–Crippen LogP) is 4.87. The molecule has 20 heavy (non-hydrogen) atoms. The Morgan fingerprint density at radius 1 is 1.00 bits per heavy atom. The normalized spacial score (nSPS) is 11.7. The maximum Gasteiger partial charge on any atom is 0.0450 e. The summed E-state index contributed by atoms with van der Waals surface area (Å²) < 4.78 is 0. The Kier molecular flexibility index (Phi) is 7.68. The number of hydrogen-bond donors (Lipinski definition) is 1. The molecule has 0 aliphatic heterocycles. The fourth-order valence-electron chi connectivity index (χ4n) is 2.06. The van der Waals surface area contributed by atoms with Crippen molar-refractivity contribution in [3.63, 3.8) is 0 Å². The van der Waals surface area contributed by atoms with E-state index in [1.807, 2.05) is 18.2 Å². The van der Waals surface area contributed by atoms with E-state index in [1.54, 1.807) is 0 Å². The van der Waals surface area contributed by atoms with Crippen molar-refractivity contribution >= 4 is 24.0 Å². The fourth-order valence-corrected chi connectivity index (χ4v) is 2.26. The monoisotopic (exact) mass is 309 g/mol. The molecule has 0 amide bonds. The molecule has 1 N–H and O–H groups in total. The zero-order valence-corrected chi connectivity index (χ0v) is 13.3. The van der Waals surface area contributed by atoms with Gasteiger partial charge >= 0.3 is 0 Å². The molecule has 1 unspecified atom stereocenters. The van der Waals surface area contributed by atoms with Gasteiger partial charge in [-0.05, 0) is 37.0 Å². The molecule has 2 aromatic carbocycles. The molecule has 108 valence electrons. The van der Waals surface area contributed by atoms with E-state index in [2.05, 4.69) is 48.6 Å². The van der Waals surface area contributed by atoms with Gasteiger partial charge in [-0.2, -0.15) is 0 Å². The summed E-state index contributed by atoms with van der Waals surface area (Å²) in [5, 5.41) is 4.36. The highest BCUT2D eigenvalue weighted by molar-refractivity contribution is 6.31. The maximum absolute atomic E-state index is 6.14. The van der Waals surface area contributed by atoms with Crippen molar-refractivity contribution in [3.05, 3.63) is 70.7 Å². The average Bonchev–Trinajstić information content (AvgIpc) is 2.45. The van der Waals surface area contributed by atoms with Crippen molar-refractivity contribution in [2.24, 2.45) is 0 Å². The molecule has 0 radical (unpaired) electrons. The first-order valence-electron chi connectivity index (χ1n) is 6.76. The largest absolute Gasteiger partial charge is 0.310 e. The molecule has 2 rings (SSSR count). The smallest absolute Gasteiger partial charge is 0.0450 e. The summed E-state index contributed by atoms with van der Waals surface area (Å²) in [5.74, 6) is 0. The summed E-state index contributed by atoms with van der Waals surface area (Å²) in [6, 6.07) is 19.1. The second-order valence-corrected chi connectivity index (χ2v) is 5.30. The molecule has 3 heteroatoms. The van der Waals surface area contributed by atoms with Crippen LogP contribution >= 0.6 is 24.0 Å². The van der Waals surface area contributed by atoms with Crippen LogP contribution in [0.5, 0.6) is 0 Å². The third-order valence-corrected chi connectivity index (χ3v) is 3.68. The summed E-state index contributed by atoms with van der Waals surface area (Å²) in [6.45, 7) is 3.05. The Morgan fingerprint density at radius 2 is 1.65 bits per heavy atom. The summed E-state index contributed by atoms with van der Waals surface area (Å²) in [5.41, 5.74) is 2.56. The molecule has 1 atom stereocenters. The first kappa shape index (κ1) is 17.0. The molecule has 1 nitrogen and oxygen atoms in total. The molecule has 0 aliphatic carbocycles. The van der Waals surface area contributed by atoms with E-state index in [4.69, 9.17) is 11.6 Å². The number of hydrogen-bond acceptors (Lipinski definition) is 1. The van der Waals surface area contributed by atoms with E-state index in [-0.39, 0.29) is 12.4 Å². The fraction of sp³-hybridized carbons (Fsp3) is 0.294. The van der Waals surface area contributed by atoms with Crippen molar-refractivity contribution < 1.29 is 0 Å². The van der Waals surface area contributed by atoms with Gasteiger partial charge in [0.1, 0.15) is 0 Å². The molecule has 0 bridgehead atoms. The first-order valence-corrected chi connectivity index (χ1v) is 7.14. The lowest BCUT2D eigenvalue weighted by atomic mass is 10.1. The third kappa shape index (κ3) is 5.54. The second kappa shape index (κ2) is 9.02. The quantitative estimate of drug-likeness (QED) is 0.802. The second-order valence-electron chi connectivity index (χ2n) is 4.90. The van der Waals surface area contributed by atoms with Crippen molar-refractivity contribution in [1.82, 2.24) is 5.32 Å². The Labute approximate surface area is 132 Å². The van der Waals surface area contributed by atoms with E-state index >= 15 is 0 Å². The molecule has 0 heterocycles. The van der Waals surface area contributed by atoms with Gasteiger partial charge in [0.15, 0.2) is 0 Å². The van der Waals surface area contributed by atoms with Crippen LogP contribution in [0.3, 0.4) is 0 Å². The van der Waals surface area contributed by atoms with Crippen LogP contribution in [-0.4, -0.2) is 6.04 Å². The van der Waals surface area contributed by atoms with Crippen molar-refractivity contribution in [3.8, 4) is 0 Å². The van der Waals surface area contributed by atoms with Gasteiger partial charge in [-0.3, -0.25) is 0 Å². The van der Waals surface area contributed by atoms with E-state index in [0.717, 1.165) is 30.0 Å². The molecule has 0 saturated heterocycles. The number of aryl methyl sites for hydroxylation is 1. The van der Waals surface area contributed by atoms with Gasteiger partial charge in [-0.15, -0.1) is 12.4 Å². The lowest BCUT2D eigenvalue weighted by Crippen LogP contribution is -2.26. The van der Waals surface area contributed by atoms with E-state index in [1.165, 1.54) is 5.56 Å². The topological polar surface area (TPSA) is 12.0 Å². The van der Waals surface area contributed by atoms with Crippen molar-refractivity contribution in [2.75, 3.05) is 0 Å². The Bertz CT molecular complexity index is 499. The Morgan fingerprint density at radius 3 is 2.35 bits per heavy atom. The van der Waals surface area contributed by atoms with Crippen LogP contribution in [0.25, 0.3) is 0 Å². The molecule has 0 fully saturated rings. The third-order valence-electron chi connectivity index (χ3n) is 3.31. The van der Waals surface area contributed by atoms with Gasteiger partial charge in [-0.25, -0.2) is 0 Å². The molecule has 0 spiro atoms. The molecular weight excluding hydrogens is 289 g/mol. The van der Waals surface area contributed by atoms with Gasteiger partial charge in [0, 0.05) is 17.6 Å². The predicted molar refractivity (Wildman–Crippen MR) is 89.8 cm³/mol. The number of nitrogens with one attached hydrogen (secondary N) is 1. The van der Waals surface area contributed by atoms with E-state index < -0.39 is 0 Å². The van der Waals surface area contributed by atoms with Crippen LogP contribution in [0.2, 0.25) is 5.02 Å². The molecular formula is C17H21Cl2N. The van der Waals surface area contributed by atoms with E-state index in [9.17, 15) is 0 Å². The number of rotatable bonds is 6. The Hall–Kier alpha value is -1.02. The number of halogens is 2. The van der Waals surface area contributed by atoms with Gasteiger partial charge in [0.05, 0.1) is 0 Å². The van der Waals surface area contributed by atoms with Crippen LogP contribution in [0.15, 0.2) is 54.6 Å². The lowest BCUT2D eigenvalue weighted by Gasteiger charge is -2.14. The van der Waals surface area contributed by atoms with Crippen LogP contribution in [0.4, 0.5) is 0 Å². The molecule has 0 aromatic heterocycles. The summed E-state index contributed by atoms with van der Waals surface area (Å²) in [4.78, 5) is 0. The SMILES string of the molecule is CC(CCc1ccccc1)NCc1ccccc1Cl.Cl. The highest BCUT2D eigenvalue weighted by atomic mass is 35.5. The zero-order valence-electron chi connectivity index (χ0n) is 11.7. The van der Waals surface area contributed by atoms with Crippen molar-refractivity contribution in [2.45, 2.75) is 32.4 Å². The minimum Gasteiger partial charge on any atom is -0.310 e. The van der Waals surface area contributed by atoms with Crippen LogP contribution in [-0.2, 0) is 13.0 Å². The number of benzene rings is 2. The molecule has 0 aliphatic rings. The van der Waals surface area contributed by atoms with Crippen LogP contribution < -0.4 is 5.32 Å². The first-order chi connectivity index (χ1) is 9.25. The molecule has 0 saturated carbocycles. The zero-order chi connectivity index (χ0) is 13.5. The van der Waals surface area contributed by atoms with Gasteiger partial charge in [0.2, 0.25) is 0 Å². The van der Waals surface area contributed by atoms with Crippen LogP contribution in [0.1, 0.15) is 24.5 Å². The standard InChI is InChI=1S/C17H20ClN.ClH/c1-14(11-12-15-7-3-2-4-8-15)19-13-16-9-5-6-10-17(16)18;/h2-10,14,19H,11-13H2,1H3;1H. The Balaban J connectivity index is 0.00000200. The molecule has 2 aromatic rings. The van der Waals surface area contributed by atoms with E-state index in [0.29, 0.717) is 6.04 Å². The summed E-state index contributed by atoms with van der Waals surface area (Å²) in [6.07, 6.45) is 2.24. The average molecular weight is 310 g/mol. The maximum atomic E-state index is 6.14. The minimum absolute atomic E-state index is 0. The van der Waals surface area contributed by atoms with Crippen molar-refractivity contribution in [1.29, 1.82) is 0 Å². The van der Waals surface area contributed by atoms with Gasteiger partial charge in [-0.1, -0.05) is 60.1 Å². The van der Waals surface area contributed by atoms with Crippen LogP contribution in [0, 0.1) is 0 Å². The van der Waals surface area contributed by atoms with Gasteiger partial charge < -0.3 is 5.32 Å². The summed E-state index contributed by atoms with van der Waals surface area (Å²) in [7, 11) is 0.